The van der Waals surface area contributed by atoms with Crippen molar-refractivity contribution in [2.75, 3.05) is 5.32 Å². The van der Waals surface area contributed by atoms with E-state index in [2.05, 4.69) is 26.3 Å². The van der Waals surface area contributed by atoms with Crippen LogP contribution >= 0.6 is 39.1 Å². The van der Waals surface area contributed by atoms with Gasteiger partial charge in [-0.1, -0.05) is 39.1 Å². The monoisotopic (exact) mass is 347 g/mol. The summed E-state index contributed by atoms with van der Waals surface area (Å²) in [5, 5.41) is 8.62. The highest BCUT2D eigenvalue weighted by molar-refractivity contribution is 9.10. The van der Waals surface area contributed by atoms with Gasteiger partial charge in [0.2, 0.25) is 0 Å². The minimum absolute atomic E-state index is 0.0636. The maximum atomic E-state index is 6.18. The van der Waals surface area contributed by atoms with Gasteiger partial charge in [0, 0.05) is 17.7 Å². The lowest BCUT2D eigenvalue weighted by atomic mass is 10.2. The highest BCUT2D eigenvalue weighted by Crippen LogP contribution is 2.35. The number of aromatic nitrogens is 2. The van der Waals surface area contributed by atoms with Crippen LogP contribution in [0.3, 0.4) is 0 Å². The van der Waals surface area contributed by atoms with Gasteiger partial charge in [0.1, 0.15) is 0 Å². The van der Waals surface area contributed by atoms with Crippen molar-refractivity contribution in [1.82, 2.24) is 9.78 Å². The maximum Gasteiger partial charge on any atom is 0.0724 e. The summed E-state index contributed by atoms with van der Waals surface area (Å²) < 4.78 is 2.68. The van der Waals surface area contributed by atoms with Crippen LogP contribution in [0.4, 0.5) is 5.69 Å². The van der Waals surface area contributed by atoms with E-state index in [1.54, 1.807) is 6.20 Å². The molecule has 0 saturated carbocycles. The van der Waals surface area contributed by atoms with Gasteiger partial charge in [0.05, 0.1) is 27.5 Å². The molecule has 1 atom stereocenters. The Bertz CT molecular complexity index is 545. The summed E-state index contributed by atoms with van der Waals surface area (Å²) in [6.07, 6.45) is 1.76. The SMILES string of the molecule is CC(Nc1c(Cl)cc(Br)cc1Cl)c1ccnn1C. The number of anilines is 1. The summed E-state index contributed by atoms with van der Waals surface area (Å²) in [4.78, 5) is 0. The van der Waals surface area contributed by atoms with Crippen molar-refractivity contribution in [2.45, 2.75) is 13.0 Å². The zero-order valence-corrected chi connectivity index (χ0v) is 13.0. The quantitative estimate of drug-likeness (QED) is 0.873. The van der Waals surface area contributed by atoms with Crippen LogP contribution in [0.15, 0.2) is 28.9 Å². The first-order valence-electron chi connectivity index (χ1n) is 5.38. The van der Waals surface area contributed by atoms with Crippen molar-refractivity contribution in [3.05, 3.63) is 44.6 Å². The molecular formula is C12H12BrCl2N3. The Kier molecular flexibility index (Phi) is 4.20. The molecule has 18 heavy (non-hydrogen) atoms. The van der Waals surface area contributed by atoms with E-state index in [9.17, 15) is 0 Å². The lowest BCUT2D eigenvalue weighted by molar-refractivity contribution is 0.676. The predicted octanol–water partition coefficient (Wildman–Crippen LogP) is 4.66. The van der Waals surface area contributed by atoms with E-state index >= 15 is 0 Å². The highest BCUT2D eigenvalue weighted by Gasteiger charge is 2.13. The standard InChI is InChI=1S/C12H12BrCl2N3/c1-7(11-3-4-16-18(11)2)17-12-9(14)5-8(13)6-10(12)15/h3-7,17H,1-2H3. The number of aryl methyl sites for hydroxylation is 1. The molecule has 0 aliphatic heterocycles. The Balaban J connectivity index is 2.27. The maximum absolute atomic E-state index is 6.18. The average Bonchev–Trinajstić information content (AvgIpc) is 2.69. The van der Waals surface area contributed by atoms with Gasteiger partial charge < -0.3 is 5.32 Å². The summed E-state index contributed by atoms with van der Waals surface area (Å²) in [6.45, 7) is 2.03. The van der Waals surface area contributed by atoms with Crippen LogP contribution in [-0.4, -0.2) is 9.78 Å². The van der Waals surface area contributed by atoms with Crippen molar-refractivity contribution >= 4 is 44.8 Å². The molecule has 1 aromatic carbocycles. The van der Waals surface area contributed by atoms with Gasteiger partial charge in [-0.2, -0.15) is 5.10 Å². The number of hydrogen-bond acceptors (Lipinski definition) is 2. The van der Waals surface area contributed by atoms with Crippen molar-refractivity contribution in [2.24, 2.45) is 7.05 Å². The minimum atomic E-state index is 0.0636. The fourth-order valence-corrected chi connectivity index (χ4v) is 3.10. The predicted molar refractivity (Wildman–Crippen MR) is 79.4 cm³/mol. The Labute approximate surface area is 124 Å². The van der Waals surface area contributed by atoms with Gasteiger partial charge >= 0.3 is 0 Å². The molecular weight excluding hydrogens is 337 g/mol. The van der Waals surface area contributed by atoms with Crippen molar-refractivity contribution in [3.63, 3.8) is 0 Å². The highest BCUT2D eigenvalue weighted by atomic mass is 79.9. The number of halogens is 3. The first-order valence-corrected chi connectivity index (χ1v) is 6.93. The number of rotatable bonds is 3. The number of hydrogen-bond donors (Lipinski definition) is 1. The molecule has 1 N–H and O–H groups in total. The second-order valence-electron chi connectivity index (χ2n) is 3.99. The third-order valence-electron chi connectivity index (χ3n) is 2.67. The van der Waals surface area contributed by atoms with Crippen LogP contribution in [0.1, 0.15) is 18.7 Å². The van der Waals surface area contributed by atoms with Crippen molar-refractivity contribution in [1.29, 1.82) is 0 Å². The molecule has 2 aromatic rings. The van der Waals surface area contributed by atoms with Gasteiger partial charge in [-0.05, 0) is 25.1 Å². The summed E-state index contributed by atoms with van der Waals surface area (Å²) in [6, 6.07) is 5.64. The summed E-state index contributed by atoms with van der Waals surface area (Å²) in [5.41, 5.74) is 1.79. The Morgan fingerprint density at radius 3 is 2.44 bits per heavy atom. The molecule has 3 nitrogen and oxygen atoms in total. The molecule has 6 heteroatoms. The van der Waals surface area contributed by atoms with E-state index in [0.29, 0.717) is 10.0 Å². The lowest BCUT2D eigenvalue weighted by Gasteiger charge is -2.18. The van der Waals surface area contributed by atoms with Crippen LogP contribution in [0, 0.1) is 0 Å². The summed E-state index contributed by atoms with van der Waals surface area (Å²) >= 11 is 15.7. The van der Waals surface area contributed by atoms with Crippen LogP contribution in [-0.2, 0) is 7.05 Å². The molecule has 1 unspecified atom stereocenters. The Morgan fingerprint density at radius 1 is 1.33 bits per heavy atom. The molecule has 0 aliphatic carbocycles. The molecule has 0 aliphatic rings. The van der Waals surface area contributed by atoms with E-state index in [4.69, 9.17) is 23.2 Å². The minimum Gasteiger partial charge on any atom is -0.375 e. The smallest absolute Gasteiger partial charge is 0.0724 e. The molecule has 1 aromatic heterocycles. The first kappa shape index (κ1) is 13.7. The van der Waals surface area contributed by atoms with E-state index in [1.807, 2.05) is 36.9 Å². The van der Waals surface area contributed by atoms with E-state index in [0.717, 1.165) is 15.9 Å². The fraction of sp³-hybridized carbons (Fsp3) is 0.250. The van der Waals surface area contributed by atoms with Crippen LogP contribution < -0.4 is 5.32 Å². The zero-order chi connectivity index (χ0) is 13.3. The molecule has 0 amide bonds. The van der Waals surface area contributed by atoms with Gasteiger partial charge in [0.15, 0.2) is 0 Å². The number of nitrogens with zero attached hydrogens (tertiary/aromatic N) is 2. The third kappa shape index (κ3) is 2.82. The fourth-order valence-electron chi connectivity index (χ4n) is 1.78. The van der Waals surface area contributed by atoms with Crippen LogP contribution in [0.2, 0.25) is 10.0 Å². The van der Waals surface area contributed by atoms with Crippen LogP contribution in [0.5, 0.6) is 0 Å². The second-order valence-corrected chi connectivity index (χ2v) is 5.72. The van der Waals surface area contributed by atoms with Gasteiger partial charge in [0.25, 0.3) is 0 Å². The molecule has 96 valence electrons. The molecule has 0 saturated heterocycles. The van der Waals surface area contributed by atoms with E-state index in [-0.39, 0.29) is 6.04 Å². The van der Waals surface area contributed by atoms with E-state index < -0.39 is 0 Å². The molecule has 0 fully saturated rings. The molecule has 0 spiro atoms. The lowest BCUT2D eigenvalue weighted by Crippen LogP contribution is -2.11. The number of nitrogens with one attached hydrogen (secondary N) is 1. The zero-order valence-electron chi connectivity index (χ0n) is 9.92. The van der Waals surface area contributed by atoms with Crippen molar-refractivity contribution < 1.29 is 0 Å². The largest absolute Gasteiger partial charge is 0.375 e. The van der Waals surface area contributed by atoms with E-state index in [1.165, 1.54) is 0 Å². The van der Waals surface area contributed by atoms with Gasteiger partial charge in [-0.25, -0.2) is 0 Å². The molecule has 0 bridgehead atoms. The second kappa shape index (κ2) is 5.51. The topological polar surface area (TPSA) is 29.9 Å². The molecule has 1 heterocycles. The normalized spacial score (nSPS) is 12.5. The molecule has 0 radical (unpaired) electrons. The Hall–Kier alpha value is -0.710. The summed E-state index contributed by atoms with van der Waals surface area (Å²) in [5.74, 6) is 0. The van der Waals surface area contributed by atoms with Gasteiger partial charge in [-0.15, -0.1) is 0 Å². The average molecular weight is 349 g/mol. The molecule has 2 rings (SSSR count). The third-order valence-corrected chi connectivity index (χ3v) is 3.72. The number of benzene rings is 1. The van der Waals surface area contributed by atoms with Crippen LogP contribution in [0.25, 0.3) is 0 Å². The van der Waals surface area contributed by atoms with Crippen molar-refractivity contribution in [3.8, 4) is 0 Å². The summed E-state index contributed by atoms with van der Waals surface area (Å²) in [7, 11) is 1.90. The van der Waals surface area contributed by atoms with Gasteiger partial charge in [-0.3, -0.25) is 4.68 Å². The Morgan fingerprint density at radius 2 is 1.94 bits per heavy atom. The first-order chi connectivity index (χ1) is 8.49.